The molecule has 12 heteroatoms. The van der Waals surface area contributed by atoms with Gasteiger partial charge in [0.2, 0.25) is 5.91 Å². The zero-order valence-electron chi connectivity index (χ0n) is 18.9. The summed E-state index contributed by atoms with van der Waals surface area (Å²) in [5, 5.41) is 3.48. The Morgan fingerprint density at radius 3 is 2.76 bits per heavy atom. The number of nitrogens with one attached hydrogen (secondary N) is 1. The smallest absolute Gasteiger partial charge is 0.246 e. The van der Waals surface area contributed by atoms with Crippen LogP contribution in [0.15, 0.2) is 29.3 Å². The van der Waals surface area contributed by atoms with Gasteiger partial charge in [0.25, 0.3) is 0 Å². The van der Waals surface area contributed by atoms with Crippen LogP contribution in [0, 0.1) is 0 Å². The lowest BCUT2D eigenvalue weighted by Crippen LogP contribution is -2.28. The van der Waals surface area contributed by atoms with Crippen molar-refractivity contribution in [2.75, 3.05) is 37.4 Å². The van der Waals surface area contributed by atoms with Gasteiger partial charge in [-0.1, -0.05) is 27.5 Å². The van der Waals surface area contributed by atoms with E-state index in [1.165, 1.54) is 13.4 Å². The number of hydrogen-bond acceptors (Lipinski definition) is 8. The van der Waals surface area contributed by atoms with E-state index in [1.807, 2.05) is 16.7 Å². The third-order valence-corrected chi connectivity index (χ3v) is 6.60. The lowest BCUT2D eigenvalue weighted by molar-refractivity contribution is -0.124. The van der Waals surface area contributed by atoms with Crippen molar-refractivity contribution in [3.05, 3.63) is 39.8 Å². The molecule has 10 nitrogen and oxygen atoms in total. The van der Waals surface area contributed by atoms with Crippen molar-refractivity contribution in [2.45, 2.75) is 37.9 Å². The number of ether oxygens (including phenoxy) is 1. The number of nitrogen functional groups attached to an aromatic ring is 1. The molecule has 1 unspecified atom stereocenters. The molecule has 1 amide bonds. The zero-order valence-corrected chi connectivity index (χ0v) is 21.2. The maximum Gasteiger partial charge on any atom is 0.246 e. The van der Waals surface area contributed by atoms with Gasteiger partial charge < -0.3 is 31.0 Å². The van der Waals surface area contributed by atoms with E-state index in [-0.39, 0.29) is 18.6 Å². The van der Waals surface area contributed by atoms with Crippen molar-refractivity contribution < 1.29 is 9.53 Å². The summed E-state index contributed by atoms with van der Waals surface area (Å²) in [5.41, 5.74) is 15.5. The fraction of sp³-hybridized carbons (Fsp3) is 0.455. The average Bonchev–Trinajstić information content (AvgIpc) is 3.33. The second-order valence-corrected chi connectivity index (χ2v) is 9.75. The van der Waals surface area contributed by atoms with Crippen molar-refractivity contribution in [3.8, 4) is 0 Å². The third-order valence-electron chi connectivity index (χ3n) is 5.68. The second kappa shape index (κ2) is 10.9. The number of aromatic nitrogens is 4. The Hall–Kier alpha value is -2.47. The van der Waals surface area contributed by atoms with Gasteiger partial charge in [0, 0.05) is 53.0 Å². The number of amides is 1. The topological polar surface area (TPSA) is 137 Å². The first-order valence-electron chi connectivity index (χ1n) is 11.0. The van der Waals surface area contributed by atoms with Gasteiger partial charge in [-0.3, -0.25) is 4.79 Å². The fourth-order valence-corrected chi connectivity index (χ4v) is 4.77. The number of nitrogens with two attached hydrogens (primary N) is 2. The van der Waals surface area contributed by atoms with Gasteiger partial charge in [-0.2, -0.15) is 0 Å². The summed E-state index contributed by atoms with van der Waals surface area (Å²) in [4.78, 5) is 25.6. The minimum absolute atomic E-state index is 0.000000000000000222. The zero-order chi connectivity index (χ0) is 24.2. The Kier molecular flexibility index (Phi) is 7.87. The Labute approximate surface area is 211 Å². The van der Waals surface area contributed by atoms with Gasteiger partial charge in [-0.05, 0) is 31.4 Å². The number of rotatable bonds is 6. The highest BCUT2D eigenvalue weighted by molar-refractivity contribution is 9.10. The van der Waals surface area contributed by atoms with E-state index in [9.17, 15) is 4.79 Å². The first-order valence-corrected chi connectivity index (χ1v) is 12.2. The Balaban J connectivity index is 0.000000257. The summed E-state index contributed by atoms with van der Waals surface area (Å²) in [6.45, 7) is 2.52. The number of nitrogens with zero attached hydrogens (tertiary/aromatic N) is 5. The molecule has 2 aromatic heterocycles. The SMILES string of the molecule is COCC(=O)NC1CC1.Nc1ncnc2c1ncn2Cc1c(Br)cc(Cl)cc1N1CCC(N)C1. The molecule has 182 valence electrons. The summed E-state index contributed by atoms with van der Waals surface area (Å²) in [6, 6.07) is 4.53. The van der Waals surface area contributed by atoms with Crippen molar-refractivity contribution in [1.29, 1.82) is 0 Å². The van der Waals surface area contributed by atoms with Gasteiger partial charge in [0.05, 0.1) is 12.9 Å². The van der Waals surface area contributed by atoms with E-state index in [0.29, 0.717) is 34.6 Å². The first-order chi connectivity index (χ1) is 16.4. The fourth-order valence-electron chi connectivity index (χ4n) is 3.85. The molecule has 0 spiro atoms. The molecule has 3 heterocycles. The summed E-state index contributed by atoms with van der Waals surface area (Å²) in [6.07, 6.45) is 6.43. The molecule has 3 aromatic rings. The van der Waals surface area contributed by atoms with Crippen LogP contribution in [0.1, 0.15) is 24.8 Å². The van der Waals surface area contributed by atoms with Crippen LogP contribution in [-0.2, 0) is 16.1 Å². The molecule has 1 saturated carbocycles. The third kappa shape index (κ3) is 5.96. The summed E-state index contributed by atoms with van der Waals surface area (Å²) in [5.74, 6) is 0.379. The van der Waals surface area contributed by atoms with Gasteiger partial charge in [-0.25, -0.2) is 15.0 Å². The number of halogens is 2. The van der Waals surface area contributed by atoms with E-state index in [4.69, 9.17) is 23.1 Å². The van der Waals surface area contributed by atoms with Crippen LogP contribution in [-0.4, -0.2) is 64.3 Å². The van der Waals surface area contributed by atoms with E-state index < -0.39 is 0 Å². The van der Waals surface area contributed by atoms with Gasteiger partial charge in [-0.15, -0.1) is 0 Å². The standard InChI is InChI=1S/C16H17BrClN7.C6H11NO2/c17-12-3-9(18)4-13(24-2-1-10(19)5-24)11(12)6-25-8-23-14-15(20)21-7-22-16(14)25;1-9-4-6(8)7-5-2-3-5/h3-4,7-8,10H,1-2,5-6,19H2,(H2,20,21,22);5H,2-4H2,1H3,(H,7,8). The van der Waals surface area contributed by atoms with Crippen molar-refractivity contribution in [1.82, 2.24) is 24.8 Å². The van der Waals surface area contributed by atoms with Crippen LogP contribution in [0.4, 0.5) is 11.5 Å². The molecule has 2 aliphatic rings. The number of benzene rings is 1. The quantitative estimate of drug-likeness (QED) is 0.424. The Morgan fingerprint density at radius 1 is 1.29 bits per heavy atom. The lowest BCUT2D eigenvalue weighted by atomic mass is 10.1. The predicted molar refractivity (Wildman–Crippen MR) is 136 cm³/mol. The number of imidazole rings is 1. The monoisotopic (exact) mass is 550 g/mol. The van der Waals surface area contributed by atoms with Crippen LogP contribution in [0.2, 0.25) is 5.02 Å². The van der Waals surface area contributed by atoms with Crippen LogP contribution in [0.5, 0.6) is 0 Å². The molecule has 0 radical (unpaired) electrons. The van der Waals surface area contributed by atoms with Gasteiger partial charge >= 0.3 is 0 Å². The van der Waals surface area contributed by atoms with Crippen molar-refractivity contribution in [3.63, 3.8) is 0 Å². The van der Waals surface area contributed by atoms with Gasteiger partial charge in [0.1, 0.15) is 18.5 Å². The molecule has 1 atom stereocenters. The highest BCUT2D eigenvalue weighted by Gasteiger charge is 2.24. The van der Waals surface area contributed by atoms with E-state index >= 15 is 0 Å². The second-order valence-electron chi connectivity index (χ2n) is 8.46. The van der Waals surface area contributed by atoms with Gasteiger partial charge in [0.15, 0.2) is 11.5 Å². The van der Waals surface area contributed by atoms with Crippen molar-refractivity contribution in [2.24, 2.45) is 5.73 Å². The molecule has 2 fully saturated rings. The summed E-state index contributed by atoms with van der Waals surface area (Å²) in [7, 11) is 1.52. The Morgan fingerprint density at radius 2 is 2.09 bits per heavy atom. The number of fused-ring (bicyclic) bond motifs is 1. The summed E-state index contributed by atoms with van der Waals surface area (Å²) < 4.78 is 7.52. The molecular weight excluding hydrogens is 524 g/mol. The Bertz CT molecular complexity index is 1170. The normalized spacial score (nSPS) is 17.5. The first kappa shape index (κ1) is 24.6. The average molecular weight is 552 g/mol. The molecule has 1 aliphatic carbocycles. The minimum atomic E-state index is 0.000000000000000222. The molecule has 34 heavy (non-hydrogen) atoms. The maximum atomic E-state index is 10.7. The lowest BCUT2D eigenvalue weighted by Gasteiger charge is -2.23. The molecule has 1 aliphatic heterocycles. The maximum absolute atomic E-state index is 10.7. The van der Waals surface area contributed by atoms with Crippen molar-refractivity contribution >= 4 is 56.1 Å². The highest BCUT2D eigenvalue weighted by Crippen LogP contribution is 2.35. The molecular formula is C22H28BrClN8O2. The highest BCUT2D eigenvalue weighted by atomic mass is 79.9. The number of carbonyl (C=O) groups is 1. The van der Waals surface area contributed by atoms with E-state index in [0.717, 1.165) is 48.1 Å². The largest absolute Gasteiger partial charge is 0.382 e. The minimum Gasteiger partial charge on any atom is -0.382 e. The van der Waals surface area contributed by atoms with Crippen LogP contribution in [0.25, 0.3) is 11.2 Å². The van der Waals surface area contributed by atoms with E-state index in [2.05, 4.69) is 45.8 Å². The van der Waals surface area contributed by atoms with Crippen LogP contribution in [0.3, 0.4) is 0 Å². The predicted octanol–water partition coefficient (Wildman–Crippen LogP) is 2.32. The molecule has 5 N–H and O–H groups in total. The molecule has 0 bridgehead atoms. The number of methoxy groups -OCH3 is 1. The molecule has 5 rings (SSSR count). The van der Waals surface area contributed by atoms with Crippen LogP contribution < -0.4 is 21.7 Å². The molecule has 1 saturated heterocycles. The number of carbonyl (C=O) groups excluding carboxylic acids is 1. The number of anilines is 2. The van der Waals surface area contributed by atoms with E-state index in [1.54, 1.807) is 6.33 Å². The number of hydrogen-bond donors (Lipinski definition) is 3. The summed E-state index contributed by atoms with van der Waals surface area (Å²) >= 11 is 9.94. The van der Waals surface area contributed by atoms with Crippen LogP contribution >= 0.6 is 27.5 Å². The molecule has 1 aromatic carbocycles.